The maximum absolute atomic E-state index is 12.4. The number of methoxy groups -OCH3 is 2. The third-order valence-corrected chi connectivity index (χ3v) is 5.70. The minimum absolute atomic E-state index is 0.337. The summed E-state index contributed by atoms with van der Waals surface area (Å²) in [5.74, 6) is 1.86. The van der Waals surface area contributed by atoms with Gasteiger partial charge in [0.05, 0.1) is 14.2 Å². The molecular weight excluding hydrogens is 350 g/mol. The molecule has 0 aromatic heterocycles. The predicted octanol–water partition coefficient (Wildman–Crippen LogP) is 5.54. The summed E-state index contributed by atoms with van der Waals surface area (Å²) in [7, 11) is 3.33. The molecule has 0 amide bonds. The molecule has 0 N–H and O–H groups in total. The van der Waals surface area contributed by atoms with Crippen LogP contribution >= 0.6 is 0 Å². The van der Waals surface area contributed by atoms with Crippen LogP contribution in [0.4, 0.5) is 0 Å². The molecule has 156 valence electrons. The van der Waals surface area contributed by atoms with Crippen molar-refractivity contribution in [1.29, 1.82) is 0 Å². The van der Waals surface area contributed by atoms with Gasteiger partial charge in [-0.25, -0.2) is 0 Å². The van der Waals surface area contributed by atoms with Crippen molar-refractivity contribution in [3.05, 3.63) is 35.5 Å². The third-order valence-electron chi connectivity index (χ3n) is 5.70. The van der Waals surface area contributed by atoms with Crippen molar-refractivity contribution >= 4 is 5.78 Å². The Balaban J connectivity index is 2.01. The summed E-state index contributed by atoms with van der Waals surface area (Å²) in [5, 5.41) is 0. The van der Waals surface area contributed by atoms with Crippen LogP contribution in [0.2, 0.25) is 0 Å². The molecule has 1 aromatic rings. The third kappa shape index (κ3) is 6.29. The fourth-order valence-corrected chi connectivity index (χ4v) is 3.92. The van der Waals surface area contributed by atoms with Gasteiger partial charge in [-0.15, -0.1) is 0 Å². The molecule has 2 rings (SSSR count). The number of carbonyl (C=O) groups excluding carboxylic acids is 1. The monoisotopic (exact) mass is 387 g/mol. The van der Waals surface area contributed by atoms with Gasteiger partial charge in [0.1, 0.15) is 0 Å². The number of benzene rings is 1. The second-order valence-corrected chi connectivity index (χ2v) is 7.67. The molecule has 1 aromatic carbocycles. The maximum atomic E-state index is 12.4. The Bertz CT molecular complexity index is 653. The predicted molar refractivity (Wildman–Crippen MR) is 115 cm³/mol. The van der Waals surface area contributed by atoms with Crippen LogP contribution in [0.1, 0.15) is 70.8 Å². The number of ether oxygens (including phenoxy) is 2. The van der Waals surface area contributed by atoms with Crippen molar-refractivity contribution in [1.82, 2.24) is 4.90 Å². The molecule has 0 bridgehead atoms. The number of hydrogen-bond donors (Lipinski definition) is 0. The molecule has 28 heavy (non-hydrogen) atoms. The molecule has 4 heteroatoms. The fourth-order valence-electron chi connectivity index (χ4n) is 3.92. The van der Waals surface area contributed by atoms with Crippen LogP contribution in [-0.2, 0) is 11.2 Å². The molecule has 1 aliphatic rings. The van der Waals surface area contributed by atoms with Crippen LogP contribution in [0, 0.1) is 0 Å². The van der Waals surface area contributed by atoms with Crippen molar-refractivity contribution in [2.24, 2.45) is 0 Å². The first-order chi connectivity index (χ1) is 13.6. The molecule has 0 aliphatic carbocycles. The van der Waals surface area contributed by atoms with E-state index in [-0.39, 0.29) is 0 Å². The van der Waals surface area contributed by atoms with Gasteiger partial charge < -0.3 is 14.4 Å². The van der Waals surface area contributed by atoms with Crippen molar-refractivity contribution in [2.45, 2.75) is 77.7 Å². The summed E-state index contributed by atoms with van der Waals surface area (Å²) in [6.45, 7) is 5.24. The Morgan fingerprint density at radius 3 is 2.46 bits per heavy atom. The van der Waals surface area contributed by atoms with E-state index >= 15 is 0 Å². The lowest BCUT2D eigenvalue weighted by Crippen LogP contribution is -2.38. The molecule has 0 spiro atoms. The van der Waals surface area contributed by atoms with Crippen molar-refractivity contribution < 1.29 is 14.3 Å². The van der Waals surface area contributed by atoms with Crippen molar-refractivity contribution in [3.8, 4) is 11.5 Å². The Hall–Kier alpha value is -1.97. The molecule has 0 fully saturated rings. The van der Waals surface area contributed by atoms with E-state index in [1.165, 1.54) is 37.7 Å². The topological polar surface area (TPSA) is 38.8 Å². The van der Waals surface area contributed by atoms with Crippen molar-refractivity contribution in [3.63, 3.8) is 0 Å². The first-order valence-electron chi connectivity index (χ1n) is 10.8. The number of nitrogens with zero attached hydrogens (tertiary/aromatic N) is 1. The number of ketones is 1. The number of allylic oxidation sites excluding steroid dienone is 1. The summed E-state index contributed by atoms with van der Waals surface area (Å²) >= 11 is 0. The highest BCUT2D eigenvalue weighted by atomic mass is 16.5. The van der Waals surface area contributed by atoms with Gasteiger partial charge in [-0.1, -0.05) is 52.0 Å². The van der Waals surface area contributed by atoms with Gasteiger partial charge in [0, 0.05) is 30.8 Å². The summed E-state index contributed by atoms with van der Waals surface area (Å²) in [4.78, 5) is 14.8. The van der Waals surface area contributed by atoms with Crippen molar-refractivity contribution in [2.75, 3.05) is 20.8 Å². The zero-order chi connectivity index (χ0) is 20.4. The van der Waals surface area contributed by atoms with Crippen LogP contribution in [0.25, 0.3) is 0 Å². The van der Waals surface area contributed by atoms with Gasteiger partial charge in [-0.2, -0.15) is 0 Å². The largest absolute Gasteiger partial charge is 0.493 e. The quantitative estimate of drug-likeness (QED) is 0.441. The lowest BCUT2D eigenvalue weighted by molar-refractivity contribution is -0.117. The Labute approximate surface area is 170 Å². The first-order valence-corrected chi connectivity index (χ1v) is 10.8. The average Bonchev–Trinajstić information content (AvgIpc) is 2.72. The van der Waals surface area contributed by atoms with Crippen LogP contribution in [0.3, 0.4) is 0 Å². The lowest BCUT2D eigenvalue weighted by Gasteiger charge is -2.35. The molecule has 0 radical (unpaired) electrons. The normalized spacial score (nSPS) is 16.9. The molecule has 1 heterocycles. The van der Waals surface area contributed by atoms with E-state index in [4.69, 9.17) is 9.47 Å². The number of unbranched alkanes of at least 4 members (excludes halogenated alkanes) is 4. The Morgan fingerprint density at radius 2 is 1.79 bits per heavy atom. The number of carbonyl (C=O) groups is 1. The van der Waals surface area contributed by atoms with Gasteiger partial charge in [-0.3, -0.25) is 4.79 Å². The molecular formula is C24H37NO3. The standard InChI is InChI=1S/C24H37NO3/c1-5-7-8-9-10-11-21-17-22(26)20(6-2)18-25(21)15-14-19-12-13-23(27-3)24(16-19)28-4/h12-13,16,18,21H,5-11,14-15,17H2,1-4H3. The first kappa shape index (κ1) is 22.3. The molecule has 0 saturated heterocycles. The van der Waals surface area contributed by atoms with E-state index in [1.807, 2.05) is 6.07 Å². The van der Waals surface area contributed by atoms with E-state index in [0.717, 1.165) is 42.9 Å². The highest BCUT2D eigenvalue weighted by Gasteiger charge is 2.26. The molecule has 1 aliphatic heterocycles. The second-order valence-electron chi connectivity index (χ2n) is 7.67. The summed E-state index contributed by atoms with van der Waals surface area (Å²) in [6, 6.07) is 6.45. The van der Waals surface area contributed by atoms with E-state index in [9.17, 15) is 4.79 Å². The molecule has 1 unspecified atom stereocenters. The summed E-state index contributed by atoms with van der Waals surface area (Å²) in [5.41, 5.74) is 2.19. The lowest BCUT2D eigenvalue weighted by atomic mass is 9.93. The second kappa shape index (κ2) is 11.8. The molecule has 1 atom stereocenters. The van der Waals surface area contributed by atoms with Crippen LogP contribution in [0.5, 0.6) is 11.5 Å². The van der Waals surface area contributed by atoms with Gasteiger partial charge in [-0.05, 0) is 37.0 Å². The zero-order valence-electron chi connectivity index (χ0n) is 18.1. The van der Waals surface area contributed by atoms with Gasteiger partial charge in [0.25, 0.3) is 0 Å². The fraction of sp³-hybridized carbons (Fsp3) is 0.625. The van der Waals surface area contributed by atoms with Crippen LogP contribution < -0.4 is 9.47 Å². The maximum Gasteiger partial charge on any atom is 0.162 e. The van der Waals surface area contributed by atoms with Gasteiger partial charge >= 0.3 is 0 Å². The van der Waals surface area contributed by atoms with Gasteiger partial charge in [0.2, 0.25) is 0 Å². The van der Waals surface area contributed by atoms with Crippen LogP contribution in [-0.4, -0.2) is 37.5 Å². The minimum Gasteiger partial charge on any atom is -0.493 e. The molecule has 4 nitrogen and oxygen atoms in total. The number of rotatable bonds is 12. The van der Waals surface area contributed by atoms with E-state index in [1.54, 1.807) is 14.2 Å². The number of hydrogen-bond acceptors (Lipinski definition) is 4. The minimum atomic E-state index is 0.337. The number of Topliss-reactive ketones (excluding diaryl/α,β-unsaturated/α-hetero) is 1. The SMILES string of the molecule is CCCCCCCC1CC(=O)C(CC)=CN1CCc1ccc(OC)c(OC)c1. The Morgan fingerprint density at radius 1 is 1.04 bits per heavy atom. The van der Waals surface area contributed by atoms with E-state index < -0.39 is 0 Å². The van der Waals surface area contributed by atoms with Gasteiger partial charge in [0.15, 0.2) is 17.3 Å². The highest BCUT2D eigenvalue weighted by Crippen LogP contribution is 2.29. The molecule has 0 saturated carbocycles. The highest BCUT2D eigenvalue weighted by molar-refractivity contribution is 5.96. The van der Waals surface area contributed by atoms with Crippen LogP contribution in [0.15, 0.2) is 30.0 Å². The average molecular weight is 388 g/mol. The Kier molecular flexibility index (Phi) is 9.39. The van der Waals surface area contributed by atoms with E-state index in [2.05, 4.69) is 37.1 Å². The summed E-state index contributed by atoms with van der Waals surface area (Å²) in [6.07, 6.45) is 12.0. The zero-order valence-corrected chi connectivity index (χ0v) is 18.1. The van der Waals surface area contributed by atoms with E-state index in [0.29, 0.717) is 18.2 Å². The smallest absolute Gasteiger partial charge is 0.162 e. The summed E-state index contributed by atoms with van der Waals surface area (Å²) < 4.78 is 10.8.